The smallest absolute Gasteiger partial charge is 0.128 e. The molecule has 3 heteroatoms. The van der Waals surface area contributed by atoms with Gasteiger partial charge < -0.3 is 10.2 Å². The normalized spacial score (nSPS) is 24.8. The SMILES string of the molecule is CCC(C)C1CN(c2ccc(C)c(F)c2)C(CC)CN1. The predicted octanol–water partition coefficient (Wildman–Crippen LogP) is 3.74. The lowest BCUT2D eigenvalue weighted by Gasteiger charge is -2.43. The van der Waals surface area contributed by atoms with Gasteiger partial charge in [-0.2, -0.15) is 0 Å². The van der Waals surface area contributed by atoms with Crippen LogP contribution in [0.4, 0.5) is 10.1 Å². The summed E-state index contributed by atoms with van der Waals surface area (Å²) in [5.41, 5.74) is 1.74. The molecule has 0 radical (unpaired) electrons. The van der Waals surface area contributed by atoms with E-state index < -0.39 is 0 Å². The van der Waals surface area contributed by atoms with E-state index in [1.54, 1.807) is 6.07 Å². The van der Waals surface area contributed by atoms with Crippen molar-refractivity contribution >= 4 is 5.69 Å². The van der Waals surface area contributed by atoms with Gasteiger partial charge in [-0.3, -0.25) is 0 Å². The zero-order chi connectivity index (χ0) is 14.7. The van der Waals surface area contributed by atoms with E-state index >= 15 is 0 Å². The van der Waals surface area contributed by atoms with Crippen molar-refractivity contribution in [3.05, 3.63) is 29.6 Å². The number of anilines is 1. The van der Waals surface area contributed by atoms with Crippen LogP contribution in [0.15, 0.2) is 18.2 Å². The zero-order valence-electron chi connectivity index (χ0n) is 13.1. The quantitative estimate of drug-likeness (QED) is 0.902. The van der Waals surface area contributed by atoms with Crippen LogP contribution in [-0.2, 0) is 0 Å². The molecular weight excluding hydrogens is 251 g/mol. The van der Waals surface area contributed by atoms with Gasteiger partial charge in [-0.15, -0.1) is 0 Å². The Morgan fingerprint density at radius 3 is 2.75 bits per heavy atom. The van der Waals surface area contributed by atoms with Crippen molar-refractivity contribution in [3.63, 3.8) is 0 Å². The van der Waals surface area contributed by atoms with Gasteiger partial charge in [0, 0.05) is 30.9 Å². The monoisotopic (exact) mass is 278 g/mol. The van der Waals surface area contributed by atoms with Gasteiger partial charge in [0.15, 0.2) is 0 Å². The molecule has 112 valence electrons. The summed E-state index contributed by atoms with van der Waals surface area (Å²) in [5, 5.41) is 3.66. The molecule has 0 spiro atoms. The molecule has 1 aromatic rings. The lowest BCUT2D eigenvalue weighted by molar-refractivity contribution is 0.306. The first-order valence-corrected chi connectivity index (χ1v) is 7.83. The Bertz CT molecular complexity index is 447. The van der Waals surface area contributed by atoms with Gasteiger partial charge in [0.05, 0.1) is 0 Å². The van der Waals surface area contributed by atoms with E-state index in [0.29, 0.717) is 18.0 Å². The van der Waals surface area contributed by atoms with Crippen LogP contribution >= 0.6 is 0 Å². The van der Waals surface area contributed by atoms with Gasteiger partial charge in [0.25, 0.3) is 0 Å². The van der Waals surface area contributed by atoms with Crippen molar-refractivity contribution in [2.75, 3.05) is 18.0 Å². The van der Waals surface area contributed by atoms with Crippen LogP contribution in [0.2, 0.25) is 0 Å². The lowest BCUT2D eigenvalue weighted by Crippen LogP contribution is -2.58. The Kier molecular flexibility index (Phi) is 5.03. The Morgan fingerprint density at radius 1 is 1.40 bits per heavy atom. The van der Waals surface area contributed by atoms with Crippen molar-refractivity contribution in [1.82, 2.24) is 5.32 Å². The molecule has 1 heterocycles. The van der Waals surface area contributed by atoms with Crippen molar-refractivity contribution in [1.29, 1.82) is 0 Å². The summed E-state index contributed by atoms with van der Waals surface area (Å²) in [6.07, 6.45) is 2.25. The van der Waals surface area contributed by atoms with Crippen LogP contribution < -0.4 is 10.2 Å². The van der Waals surface area contributed by atoms with Gasteiger partial charge >= 0.3 is 0 Å². The molecule has 0 saturated carbocycles. The topological polar surface area (TPSA) is 15.3 Å². The Labute approximate surface area is 122 Å². The molecular formula is C17H27FN2. The first-order valence-electron chi connectivity index (χ1n) is 7.83. The molecule has 1 saturated heterocycles. The van der Waals surface area contributed by atoms with E-state index in [4.69, 9.17) is 0 Å². The molecule has 20 heavy (non-hydrogen) atoms. The summed E-state index contributed by atoms with van der Waals surface area (Å²) >= 11 is 0. The summed E-state index contributed by atoms with van der Waals surface area (Å²) in [6, 6.07) is 6.58. The molecule has 0 amide bonds. The molecule has 1 aliphatic heterocycles. The first kappa shape index (κ1) is 15.3. The molecule has 2 nitrogen and oxygen atoms in total. The van der Waals surface area contributed by atoms with Gasteiger partial charge in [-0.05, 0) is 37.0 Å². The number of rotatable bonds is 4. The molecule has 1 N–H and O–H groups in total. The Morgan fingerprint density at radius 2 is 2.15 bits per heavy atom. The first-order chi connectivity index (χ1) is 9.56. The highest BCUT2D eigenvalue weighted by molar-refractivity contribution is 5.50. The highest BCUT2D eigenvalue weighted by Crippen LogP contribution is 2.25. The minimum atomic E-state index is -0.101. The number of aryl methyl sites for hydroxylation is 1. The number of halogens is 1. The standard InChI is InChI=1S/C17H27FN2/c1-5-12(3)17-11-20(14(6-2)10-19-17)15-8-7-13(4)16(18)9-15/h7-9,12,14,17,19H,5-6,10-11H2,1-4H3. The van der Waals surface area contributed by atoms with Crippen molar-refractivity contribution in [2.24, 2.45) is 5.92 Å². The van der Waals surface area contributed by atoms with Crippen LogP contribution in [0.3, 0.4) is 0 Å². The third-order valence-corrected chi connectivity index (χ3v) is 4.74. The highest BCUT2D eigenvalue weighted by Gasteiger charge is 2.29. The second kappa shape index (κ2) is 6.57. The highest BCUT2D eigenvalue weighted by atomic mass is 19.1. The largest absolute Gasteiger partial charge is 0.366 e. The van der Waals surface area contributed by atoms with Gasteiger partial charge in [0.2, 0.25) is 0 Å². The van der Waals surface area contributed by atoms with E-state index in [9.17, 15) is 4.39 Å². The van der Waals surface area contributed by atoms with Crippen LogP contribution in [-0.4, -0.2) is 25.2 Å². The van der Waals surface area contributed by atoms with Crippen LogP contribution in [0.1, 0.15) is 39.2 Å². The number of piperazine rings is 1. The summed E-state index contributed by atoms with van der Waals surface area (Å²) in [5.74, 6) is 0.543. The second-order valence-corrected chi connectivity index (χ2v) is 6.05. The molecule has 3 atom stereocenters. The zero-order valence-corrected chi connectivity index (χ0v) is 13.1. The van der Waals surface area contributed by atoms with E-state index in [0.717, 1.165) is 30.8 Å². The second-order valence-electron chi connectivity index (χ2n) is 6.05. The van der Waals surface area contributed by atoms with Gasteiger partial charge in [-0.1, -0.05) is 33.3 Å². The summed E-state index contributed by atoms with van der Waals surface area (Å²) in [6.45, 7) is 10.5. The predicted molar refractivity (Wildman–Crippen MR) is 83.8 cm³/mol. The fraction of sp³-hybridized carbons (Fsp3) is 0.647. The molecule has 1 aliphatic rings. The van der Waals surface area contributed by atoms with Crippen LogP contribution in [0, 0.1) is 18.7 Å². The molecule has 0 bridgehead atoms. The number of hydrogen-bond acceptors (Lipinski definition) is 2. The van der Waals surface area contributed by atoms with Gasteiger partial charge in [0.1, 0.15) is 5.82 Å². The van der Waals surface area contributed by atoms with E-state index in [-0.39, 0.29) is 5.82 Å². The lowest BCUT2D eigenvalue weighted by atomic mass is 9.94. The fourth-order valence-electron chi connectivity index (χ4n) is 2.93. The molecule has 1 fully saturated rings. The van der Waals surface area contributed by atoms with E-state index in [1.807, 2.05) is 13.0 Å². The minimum Gasteiger partial charge on any atom is -0.366 e. The molecule has 1 aromatic carbocycles. The average molecular weight is 278 g/mol. The summed E-state index contributed by atoms with van der Waals surface area (Å²) < 4.78 is 13.8. The molecule has 3 unspecified atom stereocenters. The number of nitrogens with zero attached hydrogens (tertiary/aromatic N) is 1. The minimum absolute atomic E-state index is 0.101. The molecule has 2 rings (SSSR count). The van der Waals surface area contributed by atoms with Crippen molar-refractivity contribution in [2.45, 2.75) is 52.6 Å². The number of benzene rings is 1. The maximum atomic E-state index is 13.8. The Hall–Kier alpha value is -1.09. The molecule has 0 aromatic heterocycles. The summed E-state index contributed by atoms with van der Waals surface area (Å²) in [4.78, 5) is 2.38. The molecule has 0 aliphatic carbocycles. The number of nitrogens with one attached hydrogen (secondary N) is 1. The number of hydrogen-bond donors (Lipinski definition) is 1. The van der Waals surface area contributed by atoms with Crippen LogP contribution in [0.5, 0.6) is 0 Å². The van der Waals surface area contributed by atoms with E-state index in [1.165, 1.54) is 6.42 Å². The van der Waals surface area contributed by atoms with E-state index in [2.05, 4.69) is 37.1 Å². The maximum absolute atomic E-state index is 13.8. The average Bonchev–Trinajstić information content (AvgIpc) is 2.48. The third kappa shape index (κ3) is 3.14. The fourth-order valence-corrected chi connectivity index (χ4v) is 2.93. The van der Waals surface area contributed by atoms with Gasteiger partial charge in [-0.25, -0.2) is 4.39 Å². The van der Waals surface area contributed by atoms with Crippen molar-refractivity contribution < 1.29 is 4.39 Å². The van der Waals surface area contributed by atoms with Crippen molar-refractivity contribution in [3.8, 4) is 0 Å². The Balaban J connectivity index is 2.22. The summed E-state index contributed by atoms with van der Waals surface area (Å²) in [7, 11) is 0. The van der Waals surface area contributed by atoms with Crippen LogP contribution in [0.25, 0.3) is 0 Å². The third-order valence-electron chi connectivity index (χ3n) is 4.74. The maximum Gasteiger partial charge on any atom is 0.128 e.